The highest BCUT2D eigenvalue weighted by Crippen LogP contribution is 2.31. The lowest BCUT2D eigenvalue weighted by Gasteiger charge is -2.40. The van der Waals surface area contributed by atoms with E-state index < -0.39 is 46.6 Å². The van der Waals surface area contributed by atoms with Gasteiger partial charge in [-0.05, 0) is 37.0 Å². The van der Waals surface area contributed by atoms with Gasteiger partial charge in [-0.2, -0.15) is 23.4 Å². The van der Waals surface area contributed by atoms with Crippen molar-refractivity contribution in [2.45, 2.75) is 32.0 Å². The predicted molar refractivity (Wildman–Crippen MR) is 109 cm³/mol. The molecule has 1 amide bonds. The molecule has 0 aliphatic carbocycles. The molecule has 3 heterocycles. The van der Waals surface area contributed by atoms with E-state index in [0.717, 1.165) is 35.5 Å². The van der Waals surface area contributed by atoms with Crippen molar-refractivity contribution >= 4 is 5.91 Å². The van der Waals surface area contributed by atoms with E-state index in [4.69, 9.17) is 4.74 Å². The molecule has 2 unspecified atom stereocenters. The van der Waals surface area contributed by atoms with Crippen LogP contribution in [0.4, 0.5) is 22.0 Å². The molecule has 4 rings (SSSR count). The maximum Gasteiger partial charge on any atom is 0.417 e. The van der Waals surface area contributed by atoms with Gasteiger partial charge < -0.3 is 9.64 Å². The molecule has 1 saturated heterocycles. The number of hydrogen-bond acceptors (Lipinski definition) is 5. The van der Waals surface area contributed by atoms with E-state index in [1.165, 1.54) is 17.3 Å². The number of hydrogen-bond donors (Lipinski definition) is 0. The third-order valence-corrected chi connectivity index (χ3v) is 5.75. The first-order valence-electron chi connectivity index (χ1n) is 10.5. The topological polar surface area (TPSA) is 73.1 Å². The summed E-state index contributed by atoms with van der Waals surface area (Å²) < 4.78 is 73.3. The molecule has 34 heavy (non-hydrogen) atoms. The van der Waals surface area contributed by atoms with Crippen LogP contribution in [-0.2, 0) is 6.18 Å². The van der Waals surface area contributed by atoms with E-state index in [-0.39, 0.29) is 24.9 Å². The number of halogens is 5. The summed E-state index contributed by atoms with van der Waals surface area (Å²) in [5.41, 5.74) is -1.83. The second-order valence-corrected chi connectivity index (χ2v) is 7.95. The smallest absolute Gasteiger partial charge is 0.417 e. The summed E-state index contributed by atoms with van der Waals surface area (Å²) in [6.45, 7) is 2.06. The van der Waals surface area contributed by atoms with Gasteiger partial charge >= 0.3 is 6.18 Å². The molecule has 0 radical (unpaired) electrons. The summed E-state index contributed by atoms with van der Waals surface area (Å²) in [6.07, 6.45) is 0.0626. The van der Waals surface area contributed by atoms with Gasteiger partial charge in [-0.15, -0.1) is 4.80 Å². The summed E-state index contributed by atoms with van der Waals surface area (Å²) in [5, 5.41) is 7.65. The molecule has 3 aromatic rings. The van der Waals surface area contributed by atoms with Crippen molar-refractivity contribution in [3.05, 3.63) is 65.6 Å². The molecular formula is C22H20F5N5O2. The Morgan fingerprint density at radius 3 is 2.47 bits per heavy atom. The summed E-state index contributed by atoms with van der Waals surface area (Å²) >= 11 is 0. The van der Waals surface area contributed by atoms with Crippen LogP contribution in [-0.4, -0.2) is 50.0 Å². The first-order valence-corrected chi connectivity index (χ1v) is 10.5. The fraction of sp³-hybridized carbons (Fsp3) is 0.364. The highest BCUT2D eigenvalue weighted by atomic mass is 19.4. The van der Waals surface area contributed by atoms with E-state index in [9.17, 15) is 26.7 Å². The van der Waals surface area contributed by atoms with Crippen molar-refractivity contribution in [1.29, 1.82) is 0 Å². The zero-order chi connectivity index (χ0) is 24.5. The Hall–Kier alpha value is -3.57. The summed E-state index contributed by atoms with van der Waals surface area (Å²) in [4.78, 5) is 19.4. The highest BCUT2D eigenvalue weighted by molar-refractivity contribution is 5.98. The van der Waals surface area contributed by atoms with Crippen molar-refractivity contribution in [3.8, 4) is 11.6 Å². The van der Waals surface area contributed by atoms with E-state index in [1.807, 2.05) is 6.92 Å². The van der Waals surface area contributed by atoms with Crippen molar-refractivity contribution < 1.29 is 31.5 Å². The molecular weight excluding hydrogens is 461 g/mol. The average Bonchev–Trinajstić information content (AvgIpc) is 3.33. The number of piperidine rings is 1. The maximum absolute atomic E-state index is 14.8. The first-order chi connectivity index (χ1) is 16.2. The molecule has 0 spiro atoms. The Kier molecular flexibility index (Phi) is 6.49. The summed E-state index contributed by atoms with van der Waals surface area (Å²) in [6, 6.07) is 3.14. The number of carbonyl (C=O) groups is 1. The molecule has 1 aliphatic rings. The summed E-state index contributed by atoms with van der Waals surface area (Å²) in [7, 11) is 0. The number of pyridine rings is 1. The molecule has 2 atom stereocenters. The standard InChI is InChI=1S/C22H20F5N5O2/c1-13-3-2-10-31(17(13)12-34-18-7-4-14(11-28-18)22(25,26)27)21(33)19-15(23)5-6-16(24)20(19)32-29-8-9-30-32/h4-9,11,13,17H,2-3,10,12H2,1H3. The van der Waals surface area contributed by atoms with Gasteiger partial charge in [-0.25, -0.2) is 13.8 Å². The fourth-order valence-electron chi connectivity index (χ4n) is 3.97. The number of benzene rings is 1. The molecule has 0 bridgehead atoms. The van der Waals surface area contributed by atoms with Crippen LogP contribution in [0.1, 0.15) is 35.7 Å². The Balaban J connectivity index is 1.60. The van der Waals surface area contributed by atoms with Crippen molar-refractivity contribution in [3.63, 3.8) is 0 Å². The zero-order valence-corrected chi connectivity index (χ0v) is 18.0. The Morgan fingerprint density at radius 2 is 1.82 bits per heavy atom. The molecule has 7 nitrogen and oxygen atoms in total. The van der Waals surface area contributed by atoms with Crippen LogP contribution in [0.3, 0.4) is 0 Å². The molecule has 180 valence electrons. The van der Waals surface area contributed by atoms with E-state index in [2.05, 4.69) is 15.2 Å². The minimum absolute atomic E-state index is 0.0449. The number of nitrogens with zero attached hydrogens (tertiary/aromatic N) is 5. The number of aromatic nitrogens is 4. The second-order valence-electron chi connectivity index (χ2n) is 7.95. The summed E-state index contributed by atoms with van der Waals surface area (Å²) in [5.74, 6) is -2.68. The largest absolute Gasteiger partial charge is 0.475 e. The predicted octanol–water partition coefficient (Wildman–Crippen LogP) is 4.28. The van der Waals surface area contributed by atoms with Crippen molar-refractivity contribution in [2.75, 3.05) is 13.2 Å². The van der Waals surface area contributed by atoms with Crippen LogP contribution in [0.2, 0.25) is 0 Å². The zero-order valence-electron chi connectivity index (χ0n) is 18.0. The van der Waals surface area contributed by atoms with Crippen LogP contribution in [0, 0.1) is 17.6 Å². The molecule has 2 aromatic heterocycles. The van der Waals surface area contributed by atoms with Crippen LogP contribution < -0.4 is 4.74 Å². The van der Waals surface area contributed by atoms with Gasteiger partial charge in [0.1, 0.15) is 23.7 Å². The Labute approximate surface area is 191 Å². The molecule has 1 aromatic carbocycles. The molecule has 0 N–H and O–H groups in total. The average molecular weight is 481 g/mol. The number of carbonyl (C=O) groups excluding carboxylic acids is 1. The third-order valence-electron chi connectivity index (χ3n) is 5.75. The lowest BCUT2D eigenvalue weighted by Crippen LogP contribution is -2.51. The normalized spacial score (nSPS) is 18.7. The number of alkyl halides is 3. The van der Waals surface area contributed by atoms with Crippen LogP contribution in [0.15, 0.2) is 42.9 Å². The van der Waals surface area contributed by atoms with Crippen molar-refractivity contribution in [1.82, 2.24) is 24.9 Å². The Morgan fingerprint density at radius 1 is 1.12 bits per heavy atom. The maximum atomic E-state index is 14.8. The van der Waals surface area contributed by atoms with Crippen molar-refractivity contribution in [2.24, 2.45) is 5.92 Å². The fourth-order valence-corrected chi connectivity index (χ4v) is 3.97. The molecule has 12 heteroatoms. The van der Waals surface area contributed by atoms with Gasteiger partial charge in [-0.3, -0.25) is 4.79 Å². The molecule has 1 fully saturated rings. The minimum atomic E-state index is -4.52. The lowest BCUT2D eigenvalue weighted by molar-refractivity contribution is -0.137. The van der Waals surface area contributed by atoms with Crippen LogP contribution >= 0.6 is 0 Å². The van der Waals surface area contributed by atoms with E-state index in [1.54, 1.807) is 0 Å². The number of amides is 1. The van der Waals surface area contributed by atoms with E-state index >= 15 is 0 Å². The number of ether oxygens (including phenoxy) is 1. The first kappa shape index (κ1) is 23.6. The van der Waals surface area contributed by atoms with Gasteiger partial charge in [-0.1, -0.05) is 6.92 Å². The SMILES string of the molecule is CC1CCCN(C(=O)c2c(F)ccc(F)c2-n2nccn2)C1COc1ccc(C(F)(F)F)cn1. The second kappa shape index (κ2) is 9.35. The highest BCUT2D eigenvalue weighted by Gasteiger charge is 2.36. The van der Waals surface area contributed by atoms with Crippen LogP contribution in [0.5, 0.6) is 5.88 Å². The quantitative estimate of drug-likeness (QED) is 0.509. The molecule has 0 saturated carbocycles. The monoisotopic (exact) mass is 481 g/mol. The number of rotatable bonds is 5. The molecule has 1 aliphatic heterocycles. The third kappa shape index (κ3) is 4.70. The van der Waals surface area contributed by atoms with E-state index in [0.29, 0.717) is 12.6 Å². The Bertz CT molecular complexity index is 1150. The van der Waals surface area contributed by atoms with Crippen LogP contribution in [0.25, 0.3) is 5.69 Å². The minimum Gasteiger partial charge on any atom is -0.475 e. The van der Waals surface area contributed by atoms with Gasteiger partial charge in [0.2, 0.25) is 5.88 Å². The van der Waals surface area contributed by atoms with Gasteiger partial charge in [0, 0.05) is 18.8 Å². The van der Waals surface area contributed by atoms with Gasteiger partial charge in [0.25, 0.3) is 5.91 Å². The van der Waals surface area contributed by atoms with Gasteiger partial charge in [0.15, 0.2) is 5.82 Å². The van der Waals surface area contributed by atoms with Gasteiger partial charge in [0.05, 0.1) is 24.0 Å². The lowest BCUT2D eigenvalue weighted by atomic mass is 9.90. The number of likely N-dealkylation sites (tertiary alicyclic amines) is 1.